The molecule has 94 valence electrons. The number of carbonyl (C=O) groups excluding carboxylic acids is 2. The molecule has 1 aromatic rings. The van der Waals surface area contributed by atoms with E-state index in [-0.39, 0.29) is 12.1 Å². The van der Waals surface area contributed by atoms with E-state index < -0.39 is 12.0 Å². The summed E-state index contributed by atoms with van der Waals surface area (Å²) in [5.74, 6) is -0.0570. The lowest BCUT2D eigenvalue weighted by molar-refractivity contribution is -0.164. The third kappa shape index (κ3) is 1.60. The second-order valence-electron chi connectivity index (χ2n) is 4.07. The highest BCUT2D eigenvalue weighted by atomic mass is 32.1. The van der Waals surface area contributed by atoms with Crippen LogP contribution in [-0.4, -0.2) is 36.2 Å². The molecular weight excluding hydrogens is 254 g/mol. The van der Waals surface area contributed by atoms with Crippen LogP contribution >= 0.6 is 11.3 Å². The van der Waals surface area contributed by atoms with Crippen molar-refractivity contribution in [2.24, 2.45) is 0 Å². The summed E-state index contributed by atoms with van der Waals surface area (Å²) >= 11 is 1.54. The highest BCUT2D eigenvalue weighted by Gasteiger charge is 2.54. The van der Waals surface area contributed by atoms with Gasteiger partial charge in [0, 0.05) is 4.88 Å². The molecule has 0 aromatic carbocycles. The molecule has 18 heavy (non-hydrogen) atoms. The molecule has 0 bridgehead atoms. The number of rotatable bonds is 2. The fourth-order valence-electron chi connectivity index (χ4n) is 2.14. The topological polar surface area (TPSA) is 55.8 Å². The molecule has 2 fully saturated rings. The zero-order chi connectivity index (χ0) is 12.7. The summed E-state index contributed by atoms with van der Waals surface area (Å²) in [4.78, 5) is 25.7. The van der Waals surface area contributed by atoms with Gasteiger partial charge in [-0.3, -0.25) is 9.69 Å². The highest BCUT2D eigenvalue weighted by molar-refractivity contribution is 7.10. The Hall–Kier alpha value is -1.82. The molecule has 6 heteroatoms. The van der Waals surface area contributed by atoms with E-state index >= 15 is 0 Å². The summed E-state index contributed by atoms with van der Waals surface area (Å²) in [7, 11) is 1.31. The zero-order valence-electron chi connectivity index (χ0n) is 9.66. The lowest BCUT2D eigenvalue weighted by Crippen LogP contribution is -2.55. The molecule has 5 nitrogen and oxygen atoms in total. The van der Waals surface area contributed by atoms with Crippen LogP contribution in [0, 0.1) is 0 Å². The van der Waals surface area contributed by atoms with Crippen molar-refractivity contribution >= 4 is 29.3 Å². The van der Waals surface area contributed by atoms with Gasteiger partial charge in [-0.25, -0.2) is 4.79 Å². The summed E-state index contributed by atoms with van der Waals surface area (Å²) < 4.78 is 10.3. The van der Waals surface area contributed by atoms with Crippen molar-refractivity contribution in [1.29, 1.82) is 0 Å². The number of amides is 1. The predicted octanol–water partition coefficient (Wildman–Crippen LogP) is 1.22. The van der Waals surface area contributed by atoms with Gasteiger partial charge in [-0.1, -0.05) is 6.07 Å². The normalized spacial score (nSPS) is 27.7. The number of fused-ring (bicyclic) bond motifs is 1. The van der Waals surface area contributed by atoms with Gasteiger partial charge in [0.25, 0.3) is 0 Å². The molecule has 2 atom stereocenters. The van der Waals surface area contributed by atoms with Crippen molar-refractivity contribution in [3.05, 3.63) is 28.1 Å². The van der Waals surface area contributed by atoms with Crippen LogP contribution in [0.15, 0.2) is 23.3 Å². The number of nitrogens with zero attached hydrogens (tertiary/aromatic N) is 1. The molecule has 2 saturated heterocycles. The molecule has 0 saturated carbocycles. The van der Waals surface area contributed by atoms with Gasteiger partial charge in [-0.2, -0.15) is 0 Å². The maximum atomic E-state index is 11.8. The van der Waals surface area contributed by atoms with E-state index in [0.717, 1.165) is 4.88 Å². The van der Waals surface area contributed by atoms with E-state index in [4.69, 9.17) is 9.47 Å². The number of ether oxygens (including phenoxy) is 2. The summed E-state index contributed by atoms with van der Waals surface area (Å²) in [6.45, 7) is 0. The Morgan fingerprint density at radius 2 is 2.50 bits per heavy atom. The quantitative estimate of drug-likeness (QED) is 0.596. The van der Waals surface area contributed by atoms with Gasteiger partial charge in [0.1, 0.15) is 5.76 Å². The van der Waals surface area contributed by atoms with Crippen LogP contribution in [0.2, 0.25) is 0 Å². The standard InChI is InChI=1S/C12H11NO4S/c1-16-12(15)11-8(5-7-3-2-4-18-7)17-10-6-9(14)13(10)11/h2-5,10-11H,6H2,1H3/b8-5-. The lowest BCUT2D eigenvalue weighted by Gasteiger charge is -2.33. The average Bonchev–Trinajstić information content (AvgIpc) is 2.94. The van der Waals surface area contributed by atoms with Crippen LogP contribution in [0.3, 0.4) is 0 Å². The number of hydrogen-bond acceptors (Lipinski definition) is 5. The van der Waals surface area contributed by atoms with E-state index in [0.29, 0.717) is 12.2 Å². The Morgan fingerprint density at radius 3 is 3.11 bits per heavy atom. The molecule has 0 N–H and O–H groups in total. The van der Waals surface area contributed by atoms with E-state index in [1.165, 1.54) is 12.0 Å². The number of carbonyl (C=O) groups is 2. The first-order chi connectivity index (χ1) is 8.70. The maximum Gasteiger partial charge on any atom is 0.336 e. The first-order valence-electron chi connectivity index (χ1n) is 5.51. The van der Waals surface area contributed by atoms with Gasteiger partial charge in [0.2, 0.25) is 5.91 Å². The SMILES string of the molecule is COC(=O)C1/C(=C/c2cccs2)OC2CC(=O)N21. The molecule has 1 amide bonds. The molecule has 2 aliphatic rings. The van der Waals surface area contributed by atoms with E-state index in [1.807, 2.05) is 17.5 Å². The molecule has 2 aliphatic heterocycles. The lowest BCUT2D eigenvalue weighted by atomic mass is 10.1. The minimum absolute atomic E-state index is 0.0787. The van der Waals surface area contributed by atoms with Crippen LogP contribution in [0.4, 0.5) is 0 Å². The second kappa shape index (κ2) is 4.13. The summed E-state index contributed by atoms with van der Waals surface area (Å²) in [5.41, 5.74) is 0. The van der Waals surface area contributed by atoms with Crippen LogP contribution < -0.4 is 0 Å². The number of β-lactam (4-membered cyclic amide) rings is 1. The van der Waals surface area contributed by atoms with Gasteiger partial charge in [-0.15, -0.1) is 11.3 Å². The minimum atomic E-state index is -0.733. The Bertz CT molecular complexity index is 522. The smallest absolute Gasteiger partial charge is 0.336 e. The molecule has 3 heterocycles. The molecule has 0 radical (unpaired) electrons. The maximum absolute atomic E-state index is 11.8. The molecule has 1 aromatic heterocycles. The largest absolute Gasteiger partial charge is 0.471 e. The predicted molar refractivity (Wildman–Crippen MR) is 64.4 cm³/mol. The Labute approximate surface area is 108 Å². The fourth-order valence-corrected chi connectivity index (χ4v) is 2.79. The second-order valence-corrected chi connectivity index (χ2v) is 5.04. The van der Waals surface area contributed by atoms with Crippen molar-refractivity contribution in [2.75, 3.05) is 7.11 Å². The van der Waals surface area contributed by atoms with Gasteiger partial charge in [0.15, 0.2) is 12.3 Å². The van der Waals surface area contributed by atoms with Crippen molar-refractivity contribution in [3.8, 4) is 0 Å². The van der Waals surface area contributed by atoms with Gasteiger partial charge in [-0.05, 0) is 17.5 Å². The summed E-state index contributed by atoms with van der Waals surface area (Å²) in [6.07, 6.45) is 1.81. The van der Waals surface area contributed by atoms with Crippen LogP contribution in [0.25, 0.3) is 6.08 Å². The monoisotopic (exact) mass is 265 g/mol. The Morgan fingerprint density at radius 1 is 1.67 bits per heavy atom. The van der Waals surface area contributed by atoms with Crippen LogP contribution in [0.1, 0.15) is 11.3 Å². The van der Waals surface area contributed by atoms with E-state index in [1.54, 1.807) is 17.4 Å². The van der Waals surface area contributed by atoms with Gasteiger partial charge >= 0.3 is 5.97 Å². The third-order valence-electron chi connectivity index (χ3n) is 3.02. The van der Waals surface area contributed by atoms with Crippen molar-refractivity contribution in [1.82, 2.24) is 4.90 Å². The molecule has 0 spiro atoms. The van der Waals surface area contributed by atoms with Crippen molar-refractivity contribution in [3.63, 3.8) is 0 Å². The number of methoxy groups -OCH3 is 1. The van der Waals surface area contributed by atoms with E-state index in [2.05, 4.69) is 0 Å². The van der Waals surface area contributed by atoms with Crippen molar-refractivity contribution in [2.45, 2.75) is 18.7 Å². The zero-order valence-corrected chi connectivity index (χ0v) is 10.5. The summed E-state index contributed by atoms with van der Waals surface area (Å²) in [5, 5.41) is 1.94. The van der Waals surface area contributed by atoms with Gasteiger partial charge in [0.05, 0.1) is 13.5 Å². The Balaban J connectivity index is 1.94. The van der Waals surface area contributed by atoms with Gasteiger partial charge < -0.3 is 9.47 Å². The minimum Gasteiger partial charge on any atom is -0.471 e. The Kier molecular flexibility index (Phi) is 2.59. The number of hydrogen-bond donors (Lipinski definition) is 0. The molecule has 3 rings (SSSR count). The summed E-state index contributed by atoms with van der Waals surface area (Å²) in [6, 6.07) is 3.11. The molecule has 2 unspecified atom stereocenters. The highest BCUT2D eigenvalue weighted by Crippen LogP contribution is 2.37. The first-order valence-corrected chi connectivity index (χ1v) is 6.39. The number of thiophene rings is 1. The van der Waals surface area contributed by atoms with E-state index in [9.17, 15) is 9.59 Å². The molecular formula is C12H11NO4S. The van der Waals surface area contributed by atoms with Crippen LogP contribution in [0.5, 0.6) is 0 Å². The average molecular weight is 265 g/mol. The molecule has 0 aliphatic carbocycles. The fraction of sp³-hybridized carbons (Fsp3) is 0.333. The van der Waals surface area contributed by atoms with Crippen molar-refractivity contribution < 1.29 is 19.1 Å². The van der Waals surface area contributed by atoms with Crippen LogP contribution in [-0.2, 0) is 19.1 Å². The third-order valence-corrected chi connectivity index (χ3v) is 3.84. The number of esters is 1. The first kappa shape index (κ1) is 11.3.